The number of aromatic hydroxyl groups is 3. The summed E-state index contributed by atoms with van der Waals surface area (Å²) in [6.07, 6.45) is 2.69. The molecule has 9 heteroatoms. The van der Waals surface area contributed by atoms with Crippen LogP contribution in [-0.4, -0.2) is 33.2 Å². The highest BCUT2D eigenvalue weighted by Gasteiger charge is 2.11. The third-order valence-electron chi connectivity index (χ3n) is 3.36. The van der Waals surface area contributed by atoms with E-state index in [1.165, 1.54) is 55.5 Å². The number of hydrogen-bond donors (Lipinski definition) is 6. The molecule has 2 aromatic rings. The second-order valence-corrected chi connectivity index (χ2v) is 5.58. The quantitative estimate of drug-likeness (QED) is 0.261. The average molecular weight is 394 g/mol. The third kappa shape index (κ3) is 6.21. The molecule has 8 nitrogen and oxygen atoms in total. The number of rotatable bonds is 5. The van der Waals surface area contributed by atoms with Crippen molar-refractivity contribution in [1.82, 2.24) is 0 Å². The normalized spacial score (nSPS) is 11.5. The summed E-state index contributed by atoms with van der Waals surface area (Å²) in [6.45, 7) is 1.50. The molecule has 2 aromatic carbocycles. The molecule has 2 rings (SSSR count). The summed E-state index contributed by atoms with van der Waals surface area (Å²) < 4.78 is 0. The van der Waals surface area contributed by atoms with Crippen molar-refractivity contribution in [3.8, 4) is 17.2 Å². The molecule has 0 aliphatic heterocycles. The number of nitrogens with one attached hydrogen (secondary N) is 2. The number of phenols is 3. The van der Waals surface area contributed by atoms with Gasteiger partial charge in [0.15, 0.2) is 11.5 Å². The summed E-state index contributed by atoms with van der Waals surface area (Å²) in [5, 5.41) is 33.5. The van der Waals surface area contributed by atoms with Gasteiger partial charge in [0.25, 0.3) is 0 Å². The Kier molecular flexibility index (Phi) is 7.64. The minimum atomic E-state index is -0.752. The Balaban J connectivity index is 0.00000364. The molecular weight excluding hydrogens is 374 g/mol. The van der Waals surface area contributed by atoms with Crippen molar-refractivity contribution in [3.63, 3.8) is 0 Å². The smallest absolute Gasteiger partial charge is 0.248 e. The maximum absolute atomic E-state index is 12.0. The Labute approximate surface area is 161 Å². The van der Waals surface area contributed by atoms with Gasteiger partial charge in [0.1, 0.15) is 5.75 Å². The van der Waals surface area contributed by atoms with Gasteiger partial charge < -0.3 is 31.7 Å². The molecule has 0 spiro atoms. The standard InChI is InChI=1S/C18H19N3O5.ClH/c1-10(19)18(26)21-13-9-12(4-6-14(13)22)20-17(25)7-3-11-2-5-15(23)16(24)8-11;/h2-10,22-24H,19H2,1H3,(H,20,25)(H,21,26);1H/b7-3+;/t10-;/m0./s1. The average Bonchev–Trinajstić information content (AvgIpc) is 2.58. The van der Waals surface area contributed by atoms with E-state index in [4.69, 9.17) is 5.73 Å². The highest BCUT2D eigenvalue weighted by atomic mass is 35.5. The molecule has 0 aliphatic carbocycles. The van der Waals surface area contributed by atoms with Gasteiger partial charge in [0.05, 0.1) is 11.7 Å². The molecule has 0 aliphatic rings. The van der Waals surface area contributed by atoms with E-state index in [0.717, 1.165) is 0 Å². The number of phenolic OH excluding ortho intramolecular Hbond substituents is 3. The zero-order chi connectivity index (χ0) is 19.3. The van der Waals surface area contributed by atoms with Crippen LogP contribution in [0.3, 0.4) is 0 Å². The van der Waals surface area contributed by atoms with Crippen LogP contribution >= 0.6 is 12.4 Å². The van der Waals surface area contributed by atoms with Crippen molar-refractivity contribution in [1.29, 1.82) is 0 Å². The van der Waals surface area contributed by atoms with Crippen LogP contribution in [0.15, 0.2) is 42.5 Å². The van der Waals surface area contributed by atoms with Crippen LogP contribution in [0, 0.1) is 0 Å². The van der Waals surface area contributed by atoms with Crippen LogP contribution in [0.2, 0.25) is 0 Å². The van der Waals surface area contributed by atoms with Gasteiger partial charge in [0, 0.05) is 11.8 Å². The number of amides is 2. The molecule has 0 heterocycles. The SMILES string of the molecule is C[C@H](N)C(=O)Nc1cc(NC(=O)/C=C/c2ccc(O)c(O)c2)ccc1O.Cl. The van der Waals surface area contributed by atoms with Crippen molar-refractivity contribution < 1.29 is 24.9 Å². The molecular formula is C18H20ClN3O5. The molecule has 2 amide bonds. The van der Waals surface area contributed by atoms with Crippen LogP contribution < -0.4 is 16.4 Å². The lowest BCUT2D eigenvalue weighted by Gasteiger charge is -2.11. The van der Waals surface area contributed by atoms with Crippen LogP contribution in [0.4, 0.5) is 11.4 Å². The Morgan fingerprint density at radius 2 is 1.67 bits per heavy atom. The van der Waals surface area contributed by atoms with E-state index in [2.05, 4.69) is 10.6 Å². The molecule has 0 aromatic heterocycles. The van der Waals surface area contributed by atoms with Gasteiger partial charge in [0.2, 0.25) is 11.8 Å². The number of hydrogen-bond acceptors (Lipinski definition) is 6. The third-order valence-corrected chi connectivity index (χ3v) is 3.36. The summed E-state index contributed by atoms with van der Waals surface area (Å²) in [5.74, 6) is -1.65. The number of anilines is 2. The van der Waals surface area contributed by atoms with Crippen molar-refractivity contribution in [3.05, 3.63) is 48.0 Å². The second kappa shape index (κ2) is 9.46. The molecule has 0 saturated carbocycles. The van der Waals surface area contributed by atoms with E-state index in [0.29, 0.717) is 11.3 Å². The van der Waals surface area contributed by atoms with E-state index in [1.54, 1.807) is 0 Å². The molecule has 0 unspecified atom stereocenters. The van der Waals surface area contributed by atoms with Crippen LogP contribution in [0.5, 0.6) is 17.2 Å². The van der Waals surface area contributed by atoms with Gasteiger partial charge in [-0.15, -0.1) is 12.4 Å². The minimum Gasteiger partial charge on any atom is -0.506 e. The molecule has 27 heavy (non-hydrogen) atoms. The fourth-order valence-electron chi connectivity index (χ4n) is 1.96. The van der Waals surface area contributed by atoms with Gasteiger partial charge in [-0.1, -0.05) is 6.07 Å². The van der Waals surface area contributed by atoms with Crippen LogP contribution in [0.25, 0.3) is 6.08 Å². The lowest BCUT2D eigenvalue weighted by molar-refractivity contribution is -0.117. The number of benzene rings is 2. The molecule has 7 N–H and O–H groups in total. The molecule has 0 fully saturated rings. The largest absolute Gasteiger partial charge is 0.506 e. The minimum absolute atomic E-state index is 0. The van der Waals surface area contributed by atoms with Gasteiger partial charge in [-0.3, -0.25) is 9.59 Å². The molecule has 0 radical (unpaired) electrons. The number of carbonyl (C=O) groups excluding carboxylic acids is 2. The monoisotopic (exact) mass is 393 g/mol. The summed E-state index contributed by atoms with van der Waals surface area (Å²) >= 11 is 0. The molecule has 0 saturated heterocycles. The fraction of sp³-hybridized carbons (Fsp3) is 0.111. The highest BCUT2D eigenvalue weighted by molar-refractivity contribution is 6.03. The topological polar surface area (TPSA) is 145 Å². The van der Waals surface area contributed by atoms with Gasteiger partial charge in [-0.25, -0.2) is 0 Å². The molecule has 0 bridgehead atoms. The first-order valence-electron chi connectivity index (χ1n) is 7.67. The van der Waals surface area contributed by atoms with Crippen LogP contribution in [-0.2, 0) is 9.59 Å². The van der Waals surface area contributed by atoms with E-state index < -0.39 is 17.9 Å². The maximum Gasteiger partial charge on any atom is 0.248 e. The summed E-state index contributed by atoms with van der Waals surface area (Å²) in [4.78, 5) is 23.6. The Morgan fingerprint density at radius 1 is 1.00 bits per heavy atom. The van der Waals surface area contributed by atoms with Gasteiger partial charge in [-0.2, -0.15) is 0 Å². The Hall–Kier alpha value is -3.23. The molecule has 144 valence electrons. The number of carbonyl (C=O) groups is 2. The zero-order valence-electron chi connectivity index (χ0n) is 14.3. The summed E-state index contributed by atoms with van der Waals surface area (Å²) in [5.41, 5.74) is 6.46. The predicted molar refractivity (Wildman–Crippen MR) is 105 cm³/mol. The van der Waals surface area contributed by atoms with E-state index in [9.17, 15) is 24.9 Å². The summed E-state index contributed by atoms with van der Waals surface area (Å²) in [6, 6.07) is 7.58. The van der Waals surface area contributed by atoms with Crippen molar-refractivity contribution in [2.45, 2.75) is 13.0 Å². The van der Waals surface area contributed by atoms with Crippen LogP contribution in [0.1, 0.15) is 12.5 Å². The Morgan fingerprint density at radius 3 is 2.30 bits per heavy atom. The van der Waals surface area contributed by atoms with E-state index in [1.807, 2.05) is 0 Å². The summed E-state index contributed by atoms with van der Waals surface area (Å²) in [7, 11) is 0. The zero-order valence-corrected chi connectivity index (χ0v) is 15.2. The number of nitrogens with two attached hydrogens (primary N) is 1. The van der Waals surface area contributed by atoms with Crippen molar-refractivity contribution in [2.75, 3.05) is 10.6 Å². The van der Waals surface area contributed by atoms with Gasteiger partial charge >= 0.3 is 0 Å². The maximum atomic E-state index is 12.0. The first-order valence-corrected chi connectivity index (χ1v) is 7.67. The Bertz CT molecular complexity index is 868. The van der Waals surface area contributed by atoms with Gasteiger partial charge in [-0.05, 0) is 48.9 Å². The first-order chi connectivity index (χ1) is 12.3. The van der Waals surface area contributed by atoms with Crippen molar-refractivity contribution >= 4 is 41.7 Å². The lowest BCUT2D eigenvalue weighted by atomic mass is 10.2. The van der Waals surface area contributed by atoms with E-state index >= 15 is 0 Å². The highest BCUT2D eigenvalue weighted by Crippen LogP contribution is 2.27. The van der Waals surface area contributed by atoms with E-state index in [-0.39, 0.29) is 35.3 Å². The predicted octanol–water partition coefficient (Wildman–Crippen LogP) is 2.16. The first kappa shape index (κ1) is 21.8. The second-order valence-electron chi connectivity index (χ2n) is 5.58. The molecule has 1 atom stereocenters. The van der Waals surface area contributed by atoms with Crippen molar-refractivity contribution in [2.24, 2.45) is 5.73 Å². The lowest BCUT2D eigenvalue weighted by Crippen LogP contribution is -2.32. The fourth-order valence-corrected chi connectivity index (χ4v) is 1.96. The number of halogens is 1.